The molecule has 1 aromatic carbocycles. The molecule has 0 unspecified atom stereocenters. The average molecular weight is 323 g/mol. The van der Waals surface area contributed by atoms with E-state index in [1.807, 2.05) is 0 Å². The van der Waals surface area contributed by atoms with Gasteiger partial charge in [0.25, 0.3) is 0 Å². The first-order valence-corrected chi connectivity index (χ1v) is 7.50. The van der Waals surface area contributed by atoms with E-state index in [0.717, 1.165) is 6.07 Å². The molecule has 1 N–H and O–H groups in total. The minimum atomic E-state index is -4.53. The van der Waals surface area contributed by atoms with Crippen LogP contribution in [0.5, 0.6) is 5.75 Å². The SMILES string of the molecule is C[C@H](c1cc(O)cc(C(F)(F)F)c1)N(C)[S@@](=O)C(C)(C)C. The maximum absolute atomic E-state index is 12.8. The minimum absolute atomic E-state index is 0.266. The van der Waals surface area contributed by atoms with Crippen molar-refractivity contribution in [2.75, 3.05) is 7.05 Å². The Morgan fingerprint density at radius 2 is 1.71 bits per heavy atom. The van der Waals surface area contributed by atoms with Gasteiger partial charge in [0.1, 0.15) is 5.75 Å². The number of phenols is 1. The molecule has 1 rings (SSSR count). The number of benzene rings is 1. The van der Waals surface area contributed by atoms with Gasteiger partial charge in [-0.2, -0.15) is 13.2 Å². The van der Waals surface area contributed by atoms with Crippen molar-refractivity contribution in [2.24, 2.45) is 0 Å². The summed E-state index contributed by atoms with van der Waals surface area (Å²) in [7, 11) is 0.210. The third-order valence-electron chi connectivity index (χ3n) is 3.08. The number of nitrogens with zero attached hydrogens (tertiary/aromatic N) is 1. The first-order valence-electron chi connectivity index (χ1n) is 6.40. The van der Waals surface area contributed by atoms with Gasteiger partial charge in [0, 0.05) is 13.1 Å². The maximum atomic E-state index is 12.8. The topological polar surface area (TPSA) is 40.5 Å². The first-order chi connectivity index (χ1) is 9.34. The van der Waals surface area contributed by atoms with Crippen LogP contribution in [0.4, 0.5) is 13.2 Å². The van der Waals surface area contributed by atoms with Gasteiger partial charge in [0.05, 0.1) is 21.3 Å². The molecule has 0 heterocycles. The Bertz CT molecular complexity index is 538. The van der Waals surface area contributed by atoms with E-state index >= 15 is 0 Å². The summed E-state index contributed by atoms with van der Waals surface area (Å²) in [5.74, 6) is -0.457. The van der Waals surface area contributed by atoms with Crippen LogP contribution >= 0.6 is 0 Å². The van der Waals surface area contributed by atoms with Crippen molar-refractivity contribution in [3.05, 3.63) is 29.3 Å². The smallest absolute Gasteiger partial charge is 0.416 e. The molecule has 7 heteroatoms. The van der Waals surface area contributed by atoms with Gasteiger partial charge in [-0.15, -0.1) is 0 Å². The van der Waals surface area contributed by atoms with E-state index in [4.69, 9.17) is 0 Å². The van der Waals surface area contributed by atoms with Gasteiger partial charge in [0.2, 0.25) is 0 Å². The fourth-order valence-corrected chi connectivity index (χ4v) is 3.10. The number of hydrogen-bond acceptors (Lipinski definition) is 2. The van der Waals surface area contributed by atoms with Gasteiger partial charge in [-0.25, -0.2) is 8.51 Å². The van der Waals surface area contributed by atoms with Crippen LogP contribution in [-0.2, 0) is 17.2 Å². The number of hydrogen-bond donors (Lipinski definition) is 1. The second-order valence-electron chi connectivity index (χ2n) is 5.89. The summed E-state index contributed by atoms with van der Waals surface area (Å²) in [6, 6.07) is 2.38. The molecule has 0 radical (unpaired) electrons. The zero-order valence-corrected chi connectivity index (χ0v) is 13.5. The van der Waals surface area contributed by atoms with Gasteiger partial charge < -0.3 is 5.11 Å². The standard InChI is InChI=1S/C14H20F3NO2S/c1-9(18(5)21(20)13(2,3)4)10-6-11(14(15,16)17)8-12(19)7-10/h6-9,19H,1-5H3/t9-,21+/m1/s1. The number of rotatable bonds is 3. The van der Waals surface area contributed by atoms with Crippen LogP contribution in [0.3, 0.4) is 0 Å². The van der Waals surface area contributed by atoms with Crippen LogP contribution in [0.25, 0.3) is 0 Å². The summed E-state index contributed by atoms with van der Waals surface area (Å²) in [5.41, 5.74) is -0.651. The van der Waals surface area contributed by atoms with Crippen molar-refractivity contribution in [1.29, 1.82) is 0 Å². The van der Waals surface area contributed by atoms with Gasteiger partial charge in [-0.05, 0) is 51.5 Å². The third kappa shape index (κ3) is 4.44. The molecule has 120 valence electrons. The van der Waals surface area contributed by atoms with Crippen LogP contribution in [0.15, 0.2) is 18.2 Å². The fourth-order valence-electron chi connectivity index (χ4n) is 1.83. The number of halogens is 3. The van der Waals surface area contributed by atoms with Gasteiger partial charge >= 0.3 is 6.18 Å². The molecule has 0 amide bonds. The van der Waals surface area contributed by atoms with Gasteiger partial charge in [-0.1, -0.05) is 0 Å². The van der Waals surface area contributed by atoms with Crippen LogP contribution in [0.1, 0.15) is 44.9 Å². The second-order valence-corrected chi connectivity index (χ2v) is 8.19. The van der Waals surface area contributed by atoms with E-state index in [1.54, 1.807) is 34.7 Å². The molecule has 0 aliphatic carbocycles. The molecular weight excluding hydrogens is 303 g/mol. The van der Waals surface area contributed by atoms with E-state index in [1.165, 1.54) is 10.4 Å². The highest BCUT2D eigenvalue weighted by atomic mass is 32.2. The van der Waals surface area contributed by atoms with Crippen molar-refractivity contribution in [3.63, 3.8) is 0 Å². The molecule has 2 atom stereocenters. The lowest BCUT2D eigenvalue weighted by atomic mass is 10.0. The molecular formula is C14H20F3NO2S. The molecule has 0 bridgehead atoms. The first kappa shape index (κ1) is 18.0. The largest absolute Gasteiger partial charge is 0.508 e. The minimum Gasteiger partial charge on any atom is -0.508 e. The van der Waals surface area contributed by atoms with Crippen LogP contribution in [0, 0.1) is 0 Å². The second kappa shape index (κ2) is 5.96. The molecule has 0 fully saturated rings. The van der Waals surface area contributed by atoms with E-state index in [9.17, 15) is 22.5 Å². The fraction of sp³-hybridized carbons (Fsp3) is 0.571. The summed E-state index contributed by atoms with van der Waals surface area (Å²) in [6.07, 6.45) is -4.53. The lowest BCUT2D eigenvalue weighted by molar-refractivity contribution is -0.137. The normalized spacial score (nSPS) is 16.0. The maximum Gasteiger partial charge on any atom is 0.416 e. The highest BCUT2D eigenvalue weighted by Gasteiger charge is 2.33. The molecule has 0 saturated carbocycles. The summed E-state index contributed by atoms with van der Waals surface area (Å²) >= 11 is 0. The molecule has 21 heavy (non-hydrogen) atoms. The average Bonchev–Trinajstić information content (AvgIpc) is 2.33. The highest BCUT2D eigenvalue weighted by molar-refractivity contribution is 7.84. The van der Waals surface area contributed by atoms with E-state index in [2.05, 4.69) is 0 Å². The van der Waals surface area contributed by atoms with Crippen LogP contribution in [-0.4, -0.2) is 25.4 Å². The molecule has 0 aliphatic rings. The van der Waals surface area contributed by atoms with Crippen molar-refractivity contribution in [2.45, 2.75) is 44.7 Å². The molecule has 0 aliphatic heterocycles. The Labute approximate surface area is 125 Å². The van der Waals surface area contributed by atoms with Crippen molar-refractivity contribution in [1.82, 2.24) is 4.31 Å². The molecule has 0 saturated heterocycles. The Hall–Kier alpha value is -1.08. The molecule has 0 aromatic heterocycles. The number of alkyl halides is 3. The quantitative estimate of drug-likeness (QED) is 0.917. The van der Waals surface area contributed by atoms with Gasteiger partial charge in [-0.3, -0.25) is 0 Å². The van der Waals surface area contributed by atoms with Crippen LogP contribution in [0.2, 0.25) is 0 Å². The molecule has 3 nitrogen and oxygen atoms in total. The Morgan fingerprint density at radius 1 is 1.19 bits per heavy atom. The van der Waals surface area contributed by atoms with Gasteiger partial charge in [0.15, 0.2) is 0 Å². The van der Waals surface area contributed by atoms with Crippen molar-refractivity contribution >= 4 is 11.0 Å². The van der Waals surface area contributed by atoms with E-state index in [-0.39, 0.29) is 5.56 Å². The third-order valence-corrected chi connectivity index (χ3v) is 4.97. The zero-order valence-electron chi connectivity index (χ0n) is 12.7. The predicted octanol–water partition coefficient (Wildman–Crippen LogP) is 3.87. The number of phenolic OH excluding ortho intramolecular Hbond substituents is 1. The monoisotopic (exact) mass is 323 g/mol. The summed E-state index contributed by atoms with van der Waals surface area (Å²) in [4.78, 5) is 0. The lowest BCUT2D eigenvalue weighted by Gasteiger charge is -2.30. The number of aromatic hydroxyl groups is 1. The summed E-state index contributed by atoms with van der Waals surface area (Å²) in [6.45, 7) is 7.01. The molecule has 0 spiro atoms. The Kier molecular flexibility index (Phi) is 5.10. The van der Waals surface area contributed by atoms with E-state index < -0.39 is 39.3 Å². The molecule has 1 aromatic rings. The van der Waals surface area contributed by atoms with E-state index in [0.29, 0.717) is 6.07 Å². The lowest BCUT2D eigenvalue weighted by Crippen LogP contribution is -2.36. The Balaban J connectivity index is 3.16. The van der Waals surface area contributed by atoms with Crippen LogP contribution < -0.4 is 0 Å². The Morgan fingerprint density at radius 3 is 2.14 bits per heavy atom. The zero-order chi connectivity index (χ0) is 16.6. The van der Waals surface area contributed by atoms with Crippen molar-refractivity contribution in [3.8, 4) is 5.75 Å². The van der Waals surface area contributed by atoms with Crippen molar-refractivity contribution < 1.29 is 22.5 Å². The highest BCUT2D eigenvalue weighted by Crippen LogP contribution is 2.35. The summed E-state index contributed by atoms with van der Waals surface area (Å²) in [5, 5.41) is 9.49. The summed E-state index contributed by atoms with van der Waals surface area (Å²) < 4.78 is 51.6. The predicted molar refractivity (Wildman–Crippen MR) is 77.2 cm³/mol.